The Bertz CT molecular complexity index is 1840. The zero-order valence-corrected chi connectivity index (χ0v) is 22.8. The molecular formula is C26H4B13Br. The molecule has 0 unspecified atom stereocenters. The molecule has 0 atom stereocenters. The zero-order chi connectivity index (χ0) is 29.5. The van der Waals surface area contributed by atoms with Gasteiger partial charge in [0.15, 0.2) is 0 Å². The Balaban J connectivity index is 2.30. The van der Waals surface area contributed by atoms with Gasteiger partial charge in [0.1, 0.15) is 102 Å². The van der Waals surface area contributed by atoms with E-state index in [1.165, 1.54) is 0 Å². The van der Waals surface area contributed by atoms with E-state index in [1.807, 2.05) is 24.3 Å². The standard InChI is InChI=1S/C26H4B13Br/c27-14-9-7(5-2-1-3-6(40)4-5)10-12(17(30)23(36)21(34)15(10)28)8(11(9)16(29)22(35)20(14)33)13-18(31)24(37)26(39)25(38)19(13)32/h1-4H. The highest BCUT2D eigenvalue weighted by molar-refractivity contribution is 9.10. The molecule has 0 nitrogen and oxygen atoms in total. The quantitative estimate of drug-likeness (QED) is 0.155. The molecule has 0 aliphatic heterocycles. The first-order valence-corrected chi connectivity index (χ1v) is 12.6. The van der Waals surface area contributed by atoms with Crippen molar-refractivity contribution >= 4 is 210 Å². The molecule has 5 rings (SSSR count). The highest BCUT2D eigenvalue weighted by Crippen LogP contribution is 2.40. The highest BCUT2D eigenvalue weighted by Gasteiger charge is 2.26. The van der Waals surface area contributed by atoms with Crippen molar-refractivity contribution in [2.24, 2.45) is 0 Å². The van der Waals surface area contributed by atoms with E-state index in [0.29, 0.717) is 32.7 Å². The van der Waals surface area contributed by atoms with E-state index < -0.39 is 0 Å². The van der Waals surface area contributed by atoms with Crippen LogP contribution in [0.25, 0.3) is 43.8 Å². The van der Waals surface area contributed by atoms with Crippen LogP contribution in [0.4, 0.5) is 0 Å². The van der Waals surface area contributed by atoms with Gasteiger partial charge in [-0.1, -0.05) is 60.8 Å². The van der Waals surface area contributed by atoms with Crippen molar-refractivity contribution in [1.29, 1.82) is 0 Å². The fourth-order valence-electron chi connectivity index (χ4n) is 5.25. The van der Waals surface area contributed by atoms with E-state index in [0.717, 1.165) is 4.47 Å². The van der Waals surface area contributed by atoms with Gasteiger partial charge in [0, 0.05) is 4.47 Å². The summed E-state index contributed by atoms with van der Waals surface area (Å²) in [5, 5.41) is 1.44. The second-order valence-electron chi connectivity index (χ2n) is 9.51. The van der Waals surface area contributed by atoms with Gasteiger partial charge in [-0.05, 0) is 55.9 Å². The second-order valence-corrected chi connectivity index (χ2v) is 10.4. The van der Waals surface area contributed by atoms with Crippen LogP contribution < -0.4 is 71.0 Å². The molecule has 0 saturated carbocycles. The third-order valence-corrected chi connectivity index (χ3v) is 7.87. The van der Waals surface area contributed by atoms with Crippen LogP contribution in [0.3, 0.4) is 0 Å². The third kappa shape index (κ3) is 4.06. The van der Waals surface area contributed by atoms with E-state index >= 15 is 0 Å². The summed E-state index contributed by atoms with van der Waals surface area (Å²) in [7, 11) is 83.9. The molecule has 0 heterocycles. The lowest BCUT2D eigenvalue weighted by molar-refractivity contribution is 1.64. The van der Waals surface area contributed by atoms with E-state index in [2.05, 4.69) is 15.9 Å². The molecule has 0 aliphatic rings. The van der Waals surface area contributed by atoms with E-state index in [9.17, 15) is 0 Å². The third-order valence-electron chi connectivity index (χ3n) is 7.38. The Morgan fingerprint density at radius 1 is 0.350 bits per heavy atom. The molecule has 0 N–H and O–H groups in total. The van der Waals surface area contributed by atoms with Crippen LogP contribution in [-0.2, 0) is 0 Å². The summed E-state index contributed by atoms with van der Waals surface area (Å²) in [6, 6.07) is 7.41. The molecule has 26 radical (unpaired) electrons. The van der Waals surface area contributed by atoms with E-state index in [1.54, 1.807) is 0 Å². The predicted octanol–water partition coefficient (Wildman–Crippen LogP) is -7.59. The Morgan fingerprint density at radius 2 is 0.675 bits per heavy atom. The maximum Gasteiger partial charge on any atom is 0.113 e. The number of rotatable bonds is 2. The lowest BCUT2D eigenvalue weighted by Crippen LogP contribution is -2.55. The smallest absolute Gasteiger partial charge is 0.112 e. The van der Waals surface area contributed by atoms with Crippen molar-refractivity contribution in [3.8, 4) is 22.3 Å². The highest BCUT2D eigenvalue weighted by atomic mass is 79.9. The summed E-state index contributed by atoms with van der Waals surface area (Å²) in [5.41, 5.74) is 2.35. The summed E-state index contributed by atoms with van der Waals surface area (Å²) in [5.74, 6) is 0. The molecule has 0 bridgehead atoms. The summed E-state index contributed by atoms with van der Waals surface area (Å²) in [4.78, 5) is 0. The first-order valence-electron chi connectivity index (χ1n) is 11.8. The van der Waals surface area contributed by atoms with Crippen LogP contribution in [0, 0.1) is 0 Å². The SMILES string of the molecule is [B]c1c([B])c([B])c(-c2c3c([B])c([B])c([B])c([B])c3c(-c3cccc(Br)c3)c3c([B])c([B])c([B])c([B])c23)c([B])c1[B]. The molecule has 14 heteroatoms. The molecule has 0 aliphatic carbocycles. The van der Waals surface area contributed by atoms with Crippen molar-refractivity contribution in [3.63, 3.8) is 0 Å². The van der Waals surface area contributed by atoms with Crippen LogP contribution in [0.2, 0.25) is 0 Å². The number of fused-ring (bicyclic) bond motifs is 2. The van der Waals surface area contributed by atoms with Gasteiger partial charge in [-0.15, -0.1) is 38.2 Å². The lowest BCUT2D eigenvalue weighted by atomic mass is 9.56. The van der Waals surface area contributed by atoms with Gasteiger partial charge in [0.2, 0.25) is 0 Å². The molecule has 5 aromatic carbocycles. The largest absolute Gasteiger partial charge is 0.113 e. The van der Waals surface area contributed by atoms with Crippen molar-refractivity contribution in [2.45, 2.75) is 0 Å². The topological polar surface area (TPSA) is 0 Å². The van der Waals surface area contributed by atoms with Crippen molar-refractivity contribution in [2.75, 3.05) is 0 Å². The number of hydrogen-bond acceptors (Lipinski definition) is 0. The fraction of sp³-hybridized carbons (Fsp3) is 0. The van der Waals surface area contributed by atoms with Crippen LogP contribution in [0.15, 0.2) is 28.7 Å². The Labute approximate surface area is 260 Å². The van der Waals surface area contributed by atoms with Crippen molar-refractivity contribution in [3.05, 3.63) is 28.7 Å². The molecule has 0 amide bonds. The monoisotopic (exact) mass is 538 g/mol. The zero-order valence-electron chi connectivity index (χ0n) is 21.2. The first kappa shape index (κ1) is 29.4. The summed E-state index contributed by atoms with van der Waals surface area (Å²) in [6.07, 6.45) is 0. The lowest BCUT2D eigenvalue weighted by Gasteiger charge is -2.31. The van der Waals surface area contributed by atoms with Crippen molar-refractivity contribution in [1.82, 2.24) is 0 Å². The average Bonchev–Trinajstić information content (AvgIpc) is 2.93. The molecule has 0 fully saturated rings. The normalized spacial score (nSPS) is 11.4. The molecule has 154 valence electrons. The summed E-state index contributed by atoms with van der Waals surface area (Å²) in [6.45, 7) is 0. The Kier molecular flexibility index (Phi) is 7.61. The molecule has 40 heavy (non-hydrogen) atoms. The van der Waals surface area contributed by atoms with Gasteiger partial charge < -0.3 is 0 Å². The molecular weight excluding hydrogens is 533 g/mol. The van der Waals surface area contributed by atoms with Crippen molar-refractivity contribution < 1.29 is 0 Å². The van der Waals surface area contributed by atoms with Crippen LogP contribution in [-0.4, -0.2) is 102 Å². The minimum Gasteiger partial charge on any atom is -0.112 e. The van der Waals surface area contributed by atoms with Crippen LogP contribution in [0.5, 0.6) is 0 Å². The van der Waals surface area contributed by atoms with Gasteiger partial charge in [-0.2, -0.15) is 0 Å². The van der Waals surface area contributed by atoms with Gasteiger partial charge in [0.25, 0.3) is 0 Å². The van der Waals surface area contributed by atoms with E-state index in [4.69, 9.17) is 102 Å². The first-order chi connectivity index (χ1) is 18.7. The minimum atomic E-state index is 0.00369. The number of benzene rings is 5. The maximum absolute atomic E-state index is 6.69. The Hall–Kier alpha value is -2.06. The molecule has 0 aromatic heterocycles. The second kappa shape index (κ2) is 10.3. The van der Waals surface area contributed by atoms with Crippen LogP contribution in [0.1, 0.15) is 0 Å². The maximum atomic E-state index is 6.69. The van der Waals surface area contributed by atoms with Gasteiger partial charge >= 0.3 is 0 Å². The van der Waals surface area contributed by atoms with Gasteiger partial charge in [-0.3, -0.25) is 0 Å². The molecule has 5 aromatic rings. The average molecular weight is 537 g/mol. The fourth-order valence-corrected chi connectivity index (χ4v) is 5.65. The van der Waals surface area contributed by atoms with E-state index in [-0.39, 0.29) is 82.1 Å². The molecule has 0 saturated heterocycles. The van der Waals surface area contributed by atoms with Gasteiger partial charge in [0.05, 0.1) is 0 Å². The predicted molar refractivity (Wildman–Crippen MR) is 190 cm³/mol. The number of hydrogen-bond donors (Lipinski definition) is 0. The summed E-state index contributed by atoms with van der Waals surface area (Å²) >= 11 is 3.52. The number of halogens is 1. The minimum absolute atomic E-state index is 0.00369. The van der Waals surface area contributed by atoms with Crippen LogP contribution >= 0.6 is 15.9 Å². The Morgan fingerprint density at radius 3 is 1.05 bits per heavy atom. The summed E-state index contributed by atoms with van der Waals surface area (Å²) < 4.78 is 0.771. The molecule has 0 spiro atoms. The van der Waals surface area contributed by atoms with Gasteiger partial charge in [-0.25, -0.2) is 0 Å².